The Bertz CT molecular complexity index is 724. The Morgan fingerprint density at radius 3 is 2.76 bits per heavy atom. The van der Waals surface area contributed by atoms with Crippen LogP contribution >= 0.6 is 11.3 Å². The summed E-state index contributed by atoms with van der Waals surface area (Å²) in [5, 5.41) is 13.1. The zero-order valence-corrected chi connectivity index (χ0v) is 15.7. The molecule has 0 aliphatic heterocycles. The van der Waals surface area contributed by atoms with Gasteiger partial charge in [-0.05, 0) is 49.6 Å². The molecular weight excluding hydrogens is 340 g/mol. The van der Waals surface area contributed by atoms with Crippen LogP contribution in [0.15, 0.2) is 23.0 Å². The molecule has 0 fully saturated rings. The van der Waals surface area contributed by atoms with Crippen molar-refractivity contribution >= 4 is 11.3 Å². The number of rotatable bonds is 10. The molecule has 0 saturated heterocycles. The molecule has 1 heterocycles. The van der Waals surface area contributed by atoms with Gasteiger partial charge in [-0.1, -0.05) is 25.2 Å². The monoisotopic (exact) mass is 366 g/mol. The number of benzene rings is 1. The molecule has 25 heavy (non-hydrogen) atoms. The highest BCUT2D eigenvalue weighted by molar-refractivity contribution is 7.09. The Kier molecular flexibility index (Phi) is 7.33. The molecule has 0 aliphatic rings. The minimum Gasteiger partial charge on any atom is -0.497 e. The van der Waals surface area contributed by atoms with Crippen molar-refractivity contribution in [3.05, 3.63) is 38.3 Å². The number of hydrogen-bond acceptors (Lipinski definition) is 6. The lowest BCUT2D eigenvalue weighted by molar-refractivity contribution is 0.302. The van der Waals surface area contributed by atoms with Gasteiger partial charge < -0.3 is 19.9 Å². The maximum atomic E-state index is 11.3. The van der Waals surface area contributed by atoms with E-state index in [-0.39, 0.29) is 10.8 Å². The summed E-state index contributed by atoms with van der Waals surface area (Å²) < 4.78 is 11.2. The van der Waals surface area contributed by atoms with Gasteiger partial charge in [0.15, 0.2) is 0 Å². The van der Waals surface area contributed by atoms with E-state index in [9.17, 15) is 9.90 Å². The first-order valence-electron chi connectivity index (χ1n) is 8.43. The van der Waals surface area contributed by atoms with Crippen LogP contribution in [0.25, 0.3) is 0 Å². The number of H-pyrrole nitrogens is 1. The first-order chi connectivity index (χ1) is 12.0. The molecule has 1 aromatic carbocycles. The fourth-order valence-corrected chi connectivity index (χ4v) is 3.16. The van der Waals surface area contributed by atoms with E-state index in [1.165, 1.54) is 0 Å². The number of methoxy groups -OCH3 is 1. The Morgan fingerprint density at radius 2 is 2.12 bits per heavy atom. The second kappa shape index (κ2) is 9.48. The van der Waals surface area contributed by atoms with E-state index in [0.717, 1.165) is 41.4 Å². The molecule has 0 bridgehead atoms. The van der Waals surface area contributed by atoms with Crippen LogP contribution in [0.5, 0.6) is 17.4 Å². The van der Waals surface area contributed by atoms with Crippen LogP contribution in [0.3, 0.4) is 0 Å². The number of aryl methyl sites for hydroxylation is 2. The van der Waals surface area contributed by atoms with Crippen molar-refractivity contribution in [1.82, 2.24) is 10.3 Å². The molecule has 2 rings (SSSR count). The lowest BCUT2D eigenvalue weighted by Gasteiger charge is -2.13. The lowest BCUT2D eigenvalue weighted by Crippen LogP contribution is -2.24. The standard InChI is InChI=1S/C18H26N2O4S/c1-12(2)19-9-4-10-24-15-7-6-14(23-3)11-13(15)5-8-16-17(21)20-18(22)25-16/h6-7,11-12,19,21H,4-5,8-10H2,1-3H3,(H,20,22). The second-order valence-electron chi connectivity index (χ2n) is 6.07. The summed E-state index contributed by atoms with van der Waals surface area (Å²) >= 11 is 1.04. The van der Waals surface area contributed by atoms with Gasteiger partial charge >= 0.3 is 4.87 Å². The van der Waals surface area contributed by atoms with Crippen molar-refractivity contribution in [2.24, 2.45) is 0 Å². The predicted molar refractivity (Wildman–Crippen MR) is 100 cm³/mol. The van der Waals surface area contributed by atoms with Gasteiger partial charge in [0.2, 0.25) is 5.88 Å². The first kappa shape index (κ1) is 19.3. The van der Waals surface area contributed by atoms with Gasteiger partial charge in [0, 0.05) is 6.04 Å². The number of thiazole rings is 1. The van der Waals surface area contributed by atoms with Gasteiger partial charge in [-0.25, -0.2) is 0 Å². The molecule has 6 nitrogen and oxygen atoms in total. The third-order valence-electron chi connectivity index (χ3n) is 3.72. The van der Waals surface area contributed by atoms with Crippen LogP contribution in [-0.4, -0.2) is 36.4 Å². The molecule has 2 aromatic rings. The highest BCUT2D eigenvalue weighted by atomic mass is 32.1. The van der Waals surface area contributed by atoms with Crippen LogP contribution in [0.2, 0.25) is 0 Å². The zero-order valence-electron chi connectivity index (χ0n) is 14.9. The van der Waals surface area contributed by atoms with Crippen molar-refractivity contribution in [1.29, 1.82) is 0 Å². The van der Waals surface area contributed by atoms with Crippen LogP contribution < -0.4 is 19.7 Å². The van der Waals surface area contributed by atoms with Gasteiger partial charge in [-0.3, -0.25) is 9.78 Å². The smallest absolute Gasteiger partial charge is 0.307 e. The van der Waals surface area contributed by atoms with Crippen molar-refractivity contribution in [2.45, 2.75) is 39.2 Å². The minimum atomic E-state index is -0.243. The highest BCUT2D eigenvalue weighted by Gasteiger charge is 2.11. The van der Waals surface area contributed by atoms with E-state index in [1.807, 2.05) is 18.2 Å². The summed E-state index contributed by atoms with van der Waals surface area (Å²) in [7, 11) is 1.63. The molecule has 0 saturated carbocycles. The third kappa shape index (κ3) is 6.10. The summed E-state index contributed by atoms with van der Waals surface area (Å²) in [6.07, 6.45) is 2.13. The Balaban J connectivity index is 1.99. The third-order valence-corrected chi connectivity index (χ3v) is 4.65. The molecule has 7 heteroatoms. The van der Waals surface area contributed by atoms with E-state index < -0.39 is 0 Å². The van der Waals surface area contributed by atoms with Gasteiger partial charge in [0.1, 0.15) is 11.5 Å². The van der Waals surface area contributed by atoms with Gasteiger partial charge in [0.25, 0.3) is 0 Å². The van der Waals surface area contributed by atoms with Crippen molar-refractivity contribution in [3.63, 3.8) is 0 Å². The molecule has 3 N–H and O–H groups in total. The number of nitrogens with one attached hydrogen (secondary N) is 2. The number of hydrogen-bond donors (Lipinski definition) is 3. The number of ether oxygens (including phenoxy) is 2. The summed E-state index contributed by atoms with van der Waals surface area (Å²) in [6.45, 7) is 5.77. The van der Waals surface area contributed by atoms with E-state index >= 15 is 0 Å². The Hall–Kier alpha value is -1.99. The molecule has 0 atom stereocenters. The van der Waals surface area contributed by atoms with E-state index in [4.69, 9.17) is 9.47 Å². The maximum Gasteiger partial charge on any atom is 0.307 e. The average Bonchev–Trinajstić information content (AvgIpc) is 2.90. The molecular formula is C18H26N2O4S. The molecule has 1 aromatic heterocycles. The normalized spacial score (nSPS) is 11.0. The lowest BCUT2D eigenvalue weighted by atomic mass is 10.1. The van der Waals surface area contributed by atoms with Crippen molar-refractivity contribution < 1.29 is 14.6 Å². The minimum absolute atomic E-state index is 0.0416. The molecule has 138 valence electrons. The summed E-state index contributed by atoms with van der Waals surface area (Å²) in [4.78, 5) is 14.1. The fraction of sp³-hybridized carbons (Fsp3) is 0.500. The topological polar surface area (TPSA) is 83.6 Å². The quantitative estimate of drug-likeness (QED) is 0.563. The Labute approximate surface area is 151 Å². The van der Waals surface area contributed by atoms with Crippen LogP contribution in [0.4, 0.5) is 0 Å². The molecule has 0 aliphatic carbocycles. The van der Waals surface area contributed by atoms with Gasteiger partial charge in [-0.2, -0.15) is 0 Å². The number of aromatic hydroxyl groups is 1. The molecule has 0 radical (unpaired) electrons. The summed E-state index contributed by atoms with van der Waals surface area (Å²) in [5.41, 5.74) is 0.997. The molecule has 0 amide bonds. The Morgan fingerprint density at radius 1 is 1.32 bits per heavy atom. The zero-order chi connectivity index (χ0) is 18.2. The highest BCUT2D eigenvalue weighted by Crippen LogP contribution is 2.27. The fourth-order valence-electron chi connectivity index (χ4n) is 2.43. The number of aromatic nitrogens is 1. The summed E-state index contributed by atoms with van der Waals surface area (Å²) in [6, 6.07) is 6.19. The maximum absolute atomic E-state index is 11.3. The number of aromatic amines is 1. The van der Waals surface area contributed by atoms with Crippen LogP contribution in [-0.2, 0) is 12.8 Å². The largest absolute Gasteiger partial charge is 0.497 e. The van der Waals surface area contributed by atoms with E-state index in [0.29, 0.717) is 30.4 Å². The first-order valence-corrected chi connectivity index (χ1v) is 9.25. The van der Waals surface area contributed by atoms with Crippen LogP contribution in [0, 0.1) is 0 Å². The predicted octanol–water partition coefficient (Wildman–Crippen LogP) is 2.70. The SMILES string of the molecule is COc1ccc(OCCCNC(C)C)c(CCc2sc(=O)[nH]c2O)c1. The molecule has 0 unspecified atom stereocenters. The van der Waals surface area contributed by atoms with E-state index in [2.05, 4.69) is 24.1 Å². The van der Waals surface area contributed by atoms with Crippen molar-refractivity contribution in [2.75, 3.05) is 20.3 Å². The van der Waals surface area contributed by atoms with Crippen LogP contribution in [0.1, 0.15) is 30.7 Å². The van der Waals surface area contributed by atoms with Gasteiger partial charge in [-0.15, -0.1) is 0 Å². The van der Waals surface area contributed by atoms with E-state index in [1.54, 1.807) is 7.11 Å². The molecule has 0 spiro atoms. The van der Waals surface area contributed by atoms with Crippen molar-refractivity contribution in [3.8, 4) is 17.4 Å². The van der Waals surface area contributed by atoms with Gasteiger partial charge in [0.05, 0.1) is 18.6 Å². The average molecular weight is 366 g/mol. The second-order valence-corrected chi connectivity index (χ2v) is 7.14. The summed E-state index contributed by atoms with van der Waals surface area (Å²) in [5.74, 6) is 1.53.